The molecule has 1 aliphatic heterocycles. The van der Waals surface area contributed by atoms with Crippen LogP contribution in [-0.4, -0.2) is 50.4 Å². The van der Waals surface area contributed by atoms with Crippen molar-refractivity contribution in [1.29, 1.82) is 0 Å². The summed E-state index contributed by atoms with van der Waals surface area (Å²) in [6.45, 7) is 3.86. The number of esters is 1. The van der Waals surface area contributed by atoms with E-state index in [2.05, 4.69) is 4.90 Å². The minimum Gasteiger partial charge on any atom is -0.491 e. The van der Waals surface area contributed by atoms with E-state index in [9.17, 15) is 22.4 Å². The molecule has 160 valence electrons. The van der Waals surface area contributed by atoms with E-state index in [1.807, 2.05) is 13.0 Å². The molecular formula is C21H25F4NO3. The quantitative estimate of drug-likeness (QED) is 0.380. The summed E-state index contributed by atoms with van der Waals surface area (Å²) in [4.78, 5) is 13.7. The Balaban J connectivity index is 1.61. The highest BCUT2D eigenvalue weighted by atomic mass is 19.4. The van der Waals surface area contributed by atoms with Crippen LogP contribution in [0.15, 0.2) is 17.7 Å². The Hall–Kier alpha value is -2.09. The number of hydrogen-bond donors (Lipinski definition) is 0. The number of likely N-dealkylation sites (tertiary alicyclic amines) is 1. The predicted molar refractivity (Wildman–Crippen MR) is 100.0 cm³/mol. The summed E-state index contributed by atoms with van der Waals surface area (Å²) in [6, 6.07) is 3.22. The van der Waals surface area contributed by atoms with E-state index in [-0.39, 0.29) is 36.6 Å². The molecule has 0 unspecified atom stereocenters. The molecule has 0 N–H and O–H groups in total. The Morgan fingerprint density at radius 2 is 2.00 bits per heavy atom. The molecule has 1 aromatic rings. The van der Waals surface area contributed by atoms with Crippen LogP contribution in [0.2, 0.25) is 0 Å². The van der Waals surface area contributed by atoms with Gasteiger partial charge in [0.15, 0.2) is 11.6 Å². The van der Waals surface area contributed by atoms with Crippen molar-refractivity contribution >= 4 is 12.0 Å². The van der Waals surface area contributed by atoms with Crippen LogP contribution >= 0.6 is 0 Å². The van der Waals surface area contributed by atoms with Crippen molar-refractivity contribution in [3.63, 3.8) is 0 Å². The minimum absolute atomic E-state index is 0.00126. The smallest absolute Gasteiger partial charge is 0.389 e. The van der Waals surface area contributed by atoms with Gasteiger partial charge in [0.2, 0.25) is 0 Å². The average Bonchev–Trinajstić information content (AvgIpc) is 2.62. The SMILES string of the molecule is COC(=O)C1CN(CC2=Cc3ccc(OCCCC(F)(F)F)c(F)c3C[C@@H]2C)C1. The van der Waals surface area contributed by atoms with Crippen LogP contribution in [0.1, 0.15) is 30.9 Å². The van der Waals surface area contributed by atoms with Gasteiger partial charge in [-0.15, -0.1) is 0 Å². The molecule has 1 atom stereocenters. The Bertz CT molecular complexity index is 785. The van der Waals surface area contributed by atoms with Crippen LogP contribution in [0.4, 0.5) is 17.6 Å². The van der Waals surface area contributed by atoms with E-state index in [4.69, 9.17) is 9.47 Å². The molecule has 0 radical (unpaired) electrons. The molecule has 1 aromatic carbocycles. The van der Waals surface area contributed by atoms with Crippen LogP contribution in [0.3, 0.4) is 0 Å². The average molecular weight is 415 g/mol. The zero-order valence-electron chi connectivity index (χ0n) is 16.5. The third-order valence-electron chi connectivity index (χ3n) is 5.49. The number of halogens is 4. The number of rotatable bonds is 7. The molecule has 0 aromatic heterocycles. The predicted octanol–water partition coefficient (Wildman–Crippen LogP) is 4.23. The molecular weight excluding hydrogens is 390 g/mol. The number of hydrogen-bond acceptors (Lipinski definition) is 4. The van der Waals surface area contributed by atoms with Gasteiger partial charge in [-0.3, -0.25) is 9.69 Å². The van der Waals surface area contributed by atoms with E-state index in [0.29, 0.717) is 31.6 Å². The second-order valence-electron chi connectivity index (χ2n) is 7.75. The molecule has 0 saturated carbocycles. The van der Waals surface area contributed by atoms with Gasteiger partial charge in [-0.05, 0) is 36.0 Å². The van der Waals surface area contributed by atoms with Crippen LogP contribution in [0.5, 0.6) is 5.75 Å². The van der Waals surface area contributed by atoms with Crippen LogP contribution < -0.4 is 4.74 Å². The first kappa shape index (κ1) is 21.6. The van der Waals surface area contributed by atoms with Crippen molar-refractivity contribution in [3.8, 4) is 5.75 Å². The van der Waals surface area contributed by atoms with Crippen molar-refractivity contribution < 1.29 is 31.8 Å². The zero-order chi connectivity index (χ0) is 21.2. The molecule has 8 heteroatoms. The molecule has 1 heterocycles. The Kier molecular flexibility index (Phi) is 6.51. The number of carbonyl (C=O) groups is 1. The highest BCUT2D eigenvalue weighted by Crippen LogP contribution is 2.35. The largest absolute Gasteiger partial charge is 0.491 e. The number of alkyl halides is 3. The van der Waals surface area contributed by atoms with Gasteiger partial charge in [0.25, 0.3) is 0 Å². The molecule has 3 rings (SSSR count). The van der Waals surface area contributed by atoms with E-state index < -0.39 is 18.4 Å². The lowest BCUT2D eigenvalue weighted by molar-refractivity contribution is -0.151. The number of ether oxygens (including phenoxy) is 2. The molecule has 29 heavy (non-hydrogen) atoms. The molecule has 2 aliphatic rings. The molecule has 0 amide bonds. The van der Waals surface area contributed by atoms with Crippen LogP contribution in [-0.2, 0) is 16.0 Å². The second kappa shape index (κ2) is 8.73. The van der Waals surface area contributed by atoms with Gasteiger partial charge in [0, 0.05) is 26.1 Å². The summed E-state index contributed by atoms with van der Waals surface area (Å²) in [7, 11) is 1.39. The molecule has 1 aliphatic carbocycles. The fraction of sp³-hybridized carbons (Fsp3) is 0.571. The highest BCUT2D eigenvalue weighted by molar-refractivity contribution is 5.74. The topological polar surface area (TPSA) is 38.8 Å². The number of carbonyl (C=O) groups excluding carboxylic acids is 1. The number of fused-ring (bicyclic) bond motifs is 1. The van der Waals surface area contributed by atoms with Gasteiger partial charge < -0.3 is 9.47 Å². The van der Waals surface area contributed by atoms with Crippen molar-refractivity contribution in [3.05, 3.63) is 34.6 Å². The maximum atomic E-state index is 14.8. The summed E-state index contributed by atoms with van der Waals surface area (Å²) in [5.74, 6) is -0.650. The van der Waals surface area contributed by atoms with E-state index in [0.717, 1.165) is 5.56 Å². The Labute approximate surface area is 167 Å². The summed E-state index contributed by atoms with van der Waals surface area (Å²) < 4.78 is 61.4. The van der Waals surface area contributed by atoms with Gasteiger partial charge >= 0.3 is 12.1 Å². The summed E-state index contributed by atoms with van der Waals surface area (Å²) in [6.07, 6.45) is -2.92. The van der Waals surface area contributed by atoms with Crippen molar-refractivity contribution in [2.24, 2.45) is 11.8 Å². The third-order valence-corrected chi connectivity index (χ3v) is 5.49. The monoisotopic (exact) mass is 415 g/mol. The fourth-order valence-electron chi connectivity index (χ4n) is 3.78. The number of benzene rings is 1. The first-order valence-corrected chi connectivity index (χ1v) is 9.69. The maximum Gasteiger partial charge on any atom is 0.389 e. The van der Waals surface area contributed by atoms with Crippen molar-refractivity contribution in [2.45, 2.75) is 32.4 Å². The first-order chi connectivity index (χ1) is 13.7. The Morgan fingerprint density at radius 1 is 1.28 bits per heavy atom. The van der Waals surface area contributed by atoms with Crippen LogP contribution in [0.25, 0.3) is 6.08 Å². The van der Waals surface area contributed by atoms with Gasteiger partial charge in [-0.1, -0.05) is 24.6 Å². The maximum absolute atomic E-state index is 14.8. The summed E-state index contributed by atoms with van der Waals surface area (Å²) in [5, 5.41) is 0. The van der Waals surface area contributed by atoms with E-state index in [1.165, 1.54) is 18.7 Å². The van der Waals surface area contributed by atoms with Gasteiger partial charge in [0.05, 0.1) is 19.6 Å². The third kappa shape index (κ3) is 5.29. The molecule has 4 nitrogen and oxygen atoms in total. The normalized spacial score (nSPS) is 19.9. The molecule has 1 saturated heterocycles. The van der Waals surface area contributed by atoms with Crippen molar-refractivity contribution in [2.75, 3.05) is 33.4 Å². The number of methoxy groups -OCH3 is 1. The lowest BCUT2D eigenvalue weighted by Gasteiger charge is -2.39. The summed E-state index contributed by atoms with van der Waals surface area (Å²) in [5.41, 5.74) is 2.47. The molecule has 0 spiro atoms. The van der Waals surface area contributed by atoms with Gasteiger partial charge in [0.1, 0.15) is 0 Å². The lowest BCUT2D eigenvalue weighted by atomic mass is 9.83. The molecule has 1 fully saturated rings. The first-order valence-electron chi connectivity index (χ1n) is 9.69. The number of nitrogens with zero attached hydrogens (tertiary/aromatic N) is 1. The van der Waals surface area contributed by atoms with E-state index >= 15 is 0 Å². The minimum atomic E-state index is -4.23. The summed E-state index contributed by atoms with van der Waals surface area (Å²) >= 11 is 0. The van der Waals surface area contributed by atoms with Crippen molar-refractivity contribution in [1.82, 2.24) is 4.90 Å². The highest BCUT2D eigenvalue weighted by Gasteiger charge is 2.35. The van der Waals surface area contributed by atoms with Gasteiger partial charge in [-0.25, -0.2) is 4.39 Å². The van der Waals surface area contributed by atoms with Gasteiger partial charge in [-0.2, -0.15) is 13.2 Å². The fourth-order valence-corrected chi connectivity index (χ4v) is 3.78. The molecule has 0 bridgehead atoms. The zero-order valence-corrected chi connectivity index (χ0v) is 16.5. The van der Waals surface area contributed by atoms with E-state index in [1.54, 1.807) is 6.07 Å². The second-order valence-corrected chi connectivity index (χ2v) is 7.75. The Morgan fingerprint density at radius 3 is 2.66 bits per heavy atom. The standard InChI is InChI=1S/C21H25F4NO3/c1-13-8-17-14(9-15(13)10-26-11-16(12-26)20(27)28-2)4-5-18(19(17)22)29-7-3-6-21(23,24)25/h4-5,9,13,16H,3,6-8,10-12H2,1-2H3/t13-/m0/s1. The lowest BCUT2D eigenvalue weighted by Crippen LogP contribution is -2.51. The van der Waals surface area contributed by atoms with Crippen LogP contribution in [0, 0.1) is 17.7 Å².